The molecule has 0 amide bonds. The van der Waals surface area contributed by atoms with Crippen molar-refractivity contribution in [2.75, 3.05) is 0 Å². The van der Waals surface area contributed by atoms with Crippen LogP contribution in [0.3, 0.4) is 0 Å². The Morgan fingerprint density at radius 1 is 0.769 bits per heavy atom. The van der Waals surface area contributed by atoms with Gasteiger partial charge in [0.05, 0.1) is 16.5 Å². The van der Waals surface area contributed by atoms with E-state index in [0.717, 1.165) is 16.3 Å². The first-order valence-electron chi connectivity index (χ1n) is 8.54. The first-order chi connectivity index (χ1) is 12.8. The fourth-order valence-corrected chi connectivity index (χ4v) is 4.45. The number of aromatic nitrogens is 1. The van der Waals surface area contributed by atoms with Crippen LogP contribution in [0.2, 0.25) is 0 Å². The third-order valence-corrected chi connectivity index (χ3v) is 6.00. The van der Waals surface area contributed by atoms with Gasteiger partial charge in [-0.3, -0.25) is 0 Å². The van der Waals surface area contributed by atoms with Crippen LogP contribution in [0.5, 0.6) is 0 Å². The van der Waals surface area contributed by atoms with Crippen LogP contribution in [-0.2, 0) is 5.88 Å². The molecule has 0 aliphatic rings. The summed E-state index contributed by atoms with van der Waals surface area (Å²) in [5.74, 6) is 0.432. The normalized spacial score (nSPS) is 10.8. The molecule has 0 saturated heterocycles. The molecule has 1 heterocycles. The molecule has 4 aromatic rings. The van der Waals surface area contributed by atoms with Gasteiger partial charge in [-0.1, -0.05) is 78.9 Å². The van der Waals surface area contributed by atoms with Gasteiger partial charge in [-0.05, 0) is 29.2 Å². The standard InChI is InChI=1S/C23H18ClNS/c1-16-19(17-9-4-2-5-10-17)13-8-14-20(16)23-22(25-21(15-24)26-23)18-11-6-3-7-12-18/h2-14H,15H2,1H3. The van der Waals surface area contributed by atoms with Crippen LogP contribution >= 0.6 is 22.9 Å². The molecule has 1 aromatic heterocycles. The molecule has 0 fully saturated rings. The molecule has 3 heteroatoms. The van der Waals surface area contributed by atoms with Crippen molar-refractivity contribution in [1.82, 2.24) is 4.98 Å². The molecule has 1 nitrogen and oxygen atoms in total. The molecule has 0 spiro atoms. The van der Waals surface area contributed by atoms with Crippen molar-refractivity contribution < 1.29 is 0 Å². The van der Waals surface area contributed by atoms with Gasteiger partial charge in [0.1, 0.15) is 5.01 Å². The monoisotopic (exact) mass is 375 g/mol. The molecule has 0 bridgehead atoms. The van der Waals surface area contributed by atoms with Crippen molar-refractivity contribution >= 4 is 22.9 Å². The van der Waals surface area contributed by atoms with Crippen molar-refractivity contribution in [1.29, 1.82) is 0 Å². The molecule has 3 aromatic carbocycles. The third-order valence-electron chi connectivity index (χ3n) is 4.50. The Balaban J connectivity index is 1.90. The van der Waals surface area contributed by atoms with Gasteiger partial charge in [-0.15, -0.1) is 22.9 Å². The maximum Gasteiger partial charge on any atom is 0.109 e. The molecule has 0 N–H and O–H groups in total. The van der Waals surface area contributed by atoms with Gasteiger partial charge in [-0.25, -0.2) is 4.98 Å². The molecule has 26 heavy (non-hydrogen) atoms. The summed E-state index contributed by atoms with van der Waals surface area (Å²) < 4.78 is 0. The quantitative estimate of drug-likeness (QED) is 0.344. The van der Waals surface area contributed by atoms with E-state index in [2.05, 4.69) is 61.5 Å². The lowest BCUT2D eigenvalue weighted by Crippen LogP contribution is -1.89. The van der Waals surface area contributed by atoms with Gasteiger partial charge in [0.25, 0.3) is 0 Å². The second-order valence-corrected chi connectivity index (χ2v) is 7.48. The molecular formula is C23H18ClNS. The summed E-state index contributed by atoms with van der Waals surface area (Å²) in [6, 6.07) is 27.3. The Bertz CT molecular complexity index is 1020. The fourth-order valence-electron chi connectivity index (χ4n) is 3.21. The number of alkyl halides is 1. The maximum atomic E-state index is 6.10. The number of nitrogens with zero attached hydrogens (tertiary/aromatic N) is 1. The largest absolute Gasteiger partial charge is 0.239 e. The molecule has 128 valence electrons. The number of hydrogen-bond donors (Lipinski definition) is 0. The molecule has 0 saturated carbocycles. The summed E-state index contributed by atoms with van der Waals surface area (Å²) >= 11 is 7.78. The molecule has 0 atom stereocenters. The van der Waals surface area contributed by atoms with E-state index in [4.69, 9.17) is 16.6 Å². The average Bonchev–Trinajstić information content (AvgIpc) is 3.14. The minimum atomic E-state index is 0.432. The van der Waals surface area contributed by atoms with Crippen LogP contribution in [0.1, 0.15) is 10.6 Å². The summed E-state index contributed by atoms with van der Waals surface area (Å²) in [6.07, 6.45) is 0. The van der Waals surface area contributed by atoms with E-state index in [1.807, 2.05) is 24.3 Å². The average molecular weight is 376 g/mol. The first kappa shape index (κ1) is 17.0. The zero-order chi connectivity index (χ0) is 17.9. The number of rotatable bonds is 4. The van der Waals surface area contributed by atoms with Gasteiger partial charge in [-0.2, -0.15) is 0 Å². The summed E-state index contributed by atoms with van der Waals surface area (Å²) in [7, 11) is 0. The van der Waals surface area contributed by atoms with Crippen molar-refractivity contribution in [2.24, 2.45) is 0 Å². The third kappa shape index (κ3) is 3.18. The van der Waals surface area contributed by atoms with Crippen LogP contribution in [0, 0.1) is 6.92 Å². The van der Waals surface area contributed by atoms with Crippen molar-refractivity contribution in [2.45, 2.75) is 12.8 Å². The van der Waals surface area contributed by atoms with Crippen molar-refractivity contribution in [3.05, 3.63) is 89.4 Å². The Morgan fingerprint density at radius 2 is 1.38 bits per heavy atom. The maximum absolute atomic E-state index is 6.10. The Morgan fingerprint density at radius 3 is 2.04 bits per heavy atom. The van der Waals surface area contributed by atoms with E-state index in [1.54, 1.807) is 11.3 Å². The molecule has 0 aliphatic carbocycles. The fraction of sp³-hybridized carbons (Fsp3) is 0.0870. The molecule has 0 radical (unpaired) electrons. The topological polar surface area (TPSA) is 12.9 Å². The van der Waals surface area contributed by atoms with E-state index in [-0.39, 0.29) is 0 Å². The van der Waals surface area contributed by atoms with Crippen LogP contribution in [0.25, 0.3) is 32.8 Å². The lowest BCUT2D eigenvalue weighted by molar-refractivity contribution is 1.26. The van der Waals surface area contributed by atoms with E-state index in [9.17, 15) is 0 Å². The second kappa shape index (κ2) is 7.45. The summed E-state index contributed by atoms with van der Waals surface area (Å²) in [5, 5.41) is 0.949. The van der Waals surface area contributed by atoms with E-state index < -0.39 is 0 Å². The highest BCUT2D eigenvalue weighted by atomic mass is 35.5. The van der Waals surface area contributed by atoms with E-state index in [0.29, 0.717) is 5.88 Å². The number of hydrogen-bond acceptors (Lipinski definition) is 2. The van der Waals surface area contributed by atoms with E-state index in [1.165, 1.54) is 27.1 Å². The van der Waals surface area contributed by atoms with Gasteiger partial charge >= 0.3 is 0 Å². The second-order valence-electron chi connectivity index (χ2n) is 6.13. The Hall–Kier alpha value is -2.42. The predicted molar refractivity (Wildman–Crippen MR) is 113 cm³/mol. The minimum Gasteiger partial charge on any atom is -0.239 e. The Kier molecular flexibility index (Phi) is 4.87. The van der Waals surface area contributed by atoms with Crippen LogP contribution in [0.4, 0.5) is 0 Å². The minimum absolute atomic E-state index is 0.432. The van der Waals surface area contributed by atoms with Crippen molar-refractivity contribution in [3.8, 4) is 32.8 Å². The van der Waals surface area contributed by atoms with Crippen LogP contribution in [-0.4, -0.2) is 4.98 Å². The van der Waals surface area contributed by atoms with Gasteiger partial charge in [0, 0.05) is 5.56 Å². The summed E-state index contributed by atoms with van der Waals surface area (Å²) in [6.45, 7) is 2.19. The van der Waals surface area contributed by atoms with Crippen molar-refractivity contribution in [3.63, 3.8) is 0 Å². The van der Waals surface area contributed by atoms with E-state index >= 15 is 0 Å². The van der Waals surface area contributed by atoms with Crippen LogP contribution in [0.15, 0.2) is 78.9 Å². The highest BCUT2D eigenvalue weighted by Gasteiger charge is 2.17. The SMILES string of the molecule is Cc1c(-c2ccccc2)cccc1-c1sc(CCl)nc1-c1ccccc1. The Labute approximate surface area is 162 Å². The lowest BCUT2D eigenvalue weighted by atomic mass is 9.94. The first-order valence-corrected chi connectivity index (χ1v) is 9.89. The zero-order valence-corrected chi connectivity index (χ0v) is 16.0. The molecule has 4 rings (SSSR count). The highest BCUT2D eigenvalue weighted by Crippen LogP contribution is 2.41. The number of thiazole rings is 1. The highest BCUT2D eigenvalue weighted by molar-refractivity contribution is 7.15. The smallest absolute Gasteiger partial charge is 0.109 e. The lowest BCUT2D eigenvalue weighted by Gasteiger charge is -2.12. The molecule has 0 aliphatic heterocycles. The predicted octanol–water partition coefficient (Wildman–Crippen LogP) is 7.19. The molecule has 0 unspecified atom stereocenters. The van der Waals surface area contributed by atoms with Crippen LogP contribution < -0.4 is 0 Å². The summed E-state index contributed by atoms with van der Waals surface area (Å²) in [5.41, 5.74) is 7.11. The van der Waals surface area contributed by atoms with Gasteiger partial charge in [0.2, 0.25) is 0 Å². The molecular weight excluding hydrogens is 358 g/mol. The summed E-state index contributed by atoms with van der Waals surface area (Å²) in [4.78, 5) is 5.99. The number of halogens is 1. The van der Waals surface area contributed by atoms with Gasteiger partial charge < -0.3 is 0 Å². The number of benzene rings is 3. The zero-order valence-electron chi connectivity index (χ0n) is 14.4. The van der Waals surface area contributed by atoms with Gasteiger partial charge in [0.15, 0.2) is 0 Å².